The summed E-state index contributed by atoms with van der Waals surface area (Å²) in [5, 5.41) is 1.01. The molecule has 1 aromatic heterocycles. The molecule has 2 aliphatic rings. The lowest BCUT2D eigenvalue weighted by atomic mass is 9.95. The van der Waals surface area contributed by atoms with Crippen LogP contribution in [-0.4, -0.2) is 36.6 Å². The minimum Gasteiger partial charge on any atom is -0.497 e. The van der Waals surface area contributed by atoms with Crippen LogP contribution in [0.1, 0.15) is 27.8 Å². The third-order valence-corrected chi connectivity index (χ3v) is 6.66. The molecule has 0 radical (unpaired) electrons. The summed E-state index contributed by atoms with van der Waals surface area (Å²) in [5.74, 6) is -0.0442. The van der Waals surface area contributed by atoms with Gasteiger partial charge in [0.05, 0.1) is 36.9 Å². The Morgan fingerprint density at radius 3 is 2.53 bits per heavy atom. The number of nitrogens with zero attached hydrogens (tertiary/aromatic N) is 2. The Hall–Kier alpha value is -4.07. The number of carbonyl (C=O) groups is 1. The van der Waals surface area contributed by atoms with Crippen LogP contribution in [0.5, 0.6) is 11.5 Å². The van der Waals surface area contributed by atoms with Gasteiger partial charge in [-0.15, -0.1) is 0 Å². The van der Waals surface area contributed by atoms with Crippen LogP contribution in [0.25, 0.3) is 10.9 Å². The molecule has 8 heteroatoms. The van der Waals surface area contributed by atoms with E-state index in [1.165, 1.54) is 31.4 Å². The molecule has 1 amide bonds. The molecule has 4 aromatic rings. The molecule has 0 aliphatic carbocycles. The van der Waals surface area contributed by atoms with Crippen LogP contribution in [-0.2, 0) is 6.42 Å². The largest absolute Gasteiger partial charge is 0.497 e. The zero-order valence-electron chi connectivity index (χ0n) is 18.6. The molecule has 1 N–H and O–H groups in total. The fraction of sp³-hybridized carbons (Fsp3) is 0.192. The highest BCUT2D eigenvalue weighted by Crippen LogP contribution is 2.50. The van der Waals surface area contributed by atoms with Gasteiger partial charge in [0.1, 0.15) is 23.1 Å². The van der Waals surface area contributed by atoms with Gasteiger partial charge < -0.3 is 24.3 Å². The lowest BCUT2D eigenvalue weighted by molar-refractivity contribution is 0.0640. The van der Waals surface area contributed by atoms with Crippen molar-refractivity contribution < 1.29 is 23.0 Å². The fourth-order valence-electron chi connectivity index (χ4n) is 5.14. The van der Waals surface area contributed by atoms with Crippen molar-refractivity contribution in [3.05, 3.63) is 83.1 Å². The number of hydrogen-bond donors (Lipinski definition) is 1. The number of methoxy groups -OCH3 is 2. The molecule has 6 rings (SSSR count). The van der Waals surface area contributed by atoms with Crippen molar-refractivity contribution in [3.8, 4) is 11.5 Å². The Bertz CT molecular complexity index is 1470. The number of hydrogen-bond acceptors (Lipinski definition) is 4. The Morgan fingerprint density at radius 2 is 1.74 bits per heavy atom. The summed E-state index contributed by atoms with van der Waals surface area (Å²) in [4.78, 5) is 20.5. The van der Waals surface area contributed by atoms with Crippen molar-refractivity contribution >= 4 is 28.2 Å². The van der Waals surface area contributed by atoms with Crippen LogP contribution in [0, 0.1) is 11.6 Å². The number of rotatable bonds is 3. The number of amides is 1. The minimum atomic E-state index is -0.594. The number of carbonyl (C=O) groups excluding carboxylic acids is 1. The van der Waals surface area contributed by atoms with Gasteiger partial charge in [-0.2, -0.15) is 0 Å². The first-order chi connectivity index (χ1) is 16.5. The van der Waals surface area contributed by atoms with E-state index in [2.05, 4.69) is 4.98 Å². The maximum absolute atomic E-state index is 14.5. The van der Waals surface area contributed by atoms with Crippen LogP contribution in [0.15, 0.2) is 54.6 Å². The third-order valence-electron chi connectivity index (χ3n) is 6.66. The van der Waals surface area contributed by atoms with Crippen LogP contribution >= 0.6 is 0 Å². The number of anilines is 2. The van der Waals surface area contributed by atoms with Gasteiger partial charge >= 0.3 is 0 Å². The first-order valence-corrected chi connectivity index (χ1v) is 10.9. The molecule has 0 bridgehead atoms. The number of halogens is 2. The summed E-state index contributed by atoms with van der Waals surface area (Å²) in [6.45, 7) is 0.421. The molecule has 0 spiro atoms. The van der Waals surface area contributed by atoms with Crippen LogP contribution < -0.4 is 14.4 Å². The van der Waals surface area contributed by atoms with E-state index >= 15 is 0 Å². The number of aromatic amines is 1. The number of H-pyrrole nitrogens is 1. The van der Waals surface area contributed by atoms with Crippen molar-refractivity contribution in [1.82, 2.24) is 9.88 Å². The van der Waals surface area contributed by atoms with Gasteiger partial charge in [-0.3, -0.25) is 4.79 Å². The van der Waals surface area contributed by atoms with E-state index in [1.54, 1.807) is 24.1 Å². The Kier molecular flexibility index (Phi) is 4.52. The van der Waals surface area contributed by atoms with E-state index in [9.17, 15) is 13.6 Å². The van der Waals surface area contributed by atoms with Crippen LogP contribution in [0.3, 0.4) is 0 Å². The number of ether oxygens (including phenoxy) is 2. The summed E-state index contributed by atoms with van der Waals surface area (Å²) in [6, 6.07) is 14.1. The van der Waals surface area contributed by atoms with Gasteiger partial charge in [-0.1, -0.05) is 0 Å². The molecule has 3 aromatic carbocycles. The van der Waals surface area contributed by atoms with E-state index in [0.717, 1.165) is 27.9 Å². The molecule has 3 heterocycles. The Balaban J connectivity index is 1.65. The van der Waals surface area contributed by atoms with Gasteiger partial charge in [-0.05, 0) is 60.5 Å². The highest BCUT2D eigenvalue weighted by atomic mass is 19.1. The van der Waals surface area contributed by atoms with Crippen molar-refractivity contribution in [2.75, 3.05) is 25.7 Å². The fourth-order valence-corrected chi connectivity index (χ4v) is 5.14. The average Bonchev–Trinajstić information content (AvgIpc) is 3.22. The maximum Gasteiger partial charge on any atom is 0.258 e. The molecule has 172 valence electrons. The number of nitrogens with one attached hydrogen (secondary N) is 1. The van der Waals surface area contributed by atoms with Gasteiger partial charge in [0.25, 0.3) is 5.91 Å². The summed E-state index contributed by atoms with van der Waals surface area (Å²) in [7, 11) is 3.13. The average molecular weight is 461 g/mol. The van der Waals surface area contributed by atoms with E-state index in [0.29, 0.717) is 30.1 Å². The Labute approximate surface area is 194 Å². The summed E-state index contributed by atoms with van der Waals surface area (Å²) >= 11 is 0. The number of fused-ring (bicyclic) bond motifs is 6. The predicted octanol–water partition coefficient (Wildman–Crippen LogP) is 5.31. The first kappa shape index (κ1) is 20.5. The SMILES string of the molecule is COc1ccc2[nH]c3c(c2c1)CCN1C(=O)c2cc(F)ccc2N(c2cc(F)ccc2OC)C31. The van der Waals surface area contributed by atoms with Crippen LogP contribution in [0.2, 0.25) is 0 Å². The molecule has 34 heavy (non-hydrogen) atoms. The third kappa shape index (κ3) is 2.88. The van der Waals surface area contributed by atoms with E-state index in [4.69, 9.17) is 9.47 Å². The minimum absolute atomic E-state index is 0.226. The van der Waals surface area contributed by atoms with Gasteiger partial charge in [0.15, 0.2) is 6.17 Å². The van der Waals surface area contributed by atoms with E-state index in [1.807, 2.05) is 23.1 Å². The maximum atomic E-state index is 14.5. The number of benzene rings is 3. The summed E-state index contributed by atoms with van der Waals surface area (Å²) in [6.07, 6.45) is 0.0204. The van der Waals surface area contributed by atoms with Crippen molar-refractivity contribution in [3.63, 3.8) is 0 Å². The molecule has 0 saturated heterocycles. The zero-order valence-corrected chi connectivity index (χ0v) is 18.6. The molecule has 1 atom stereocenters. The molecule has 6 nitrogen and oxygen atoms in total. The molecular weight excluding hydrogens is 440 g/mol. The van der Waals surface area contributed by atoms with E-state index < -0.39 is 17.8 Å². The summed E-state index contributed by atoms with van der Waals surface area (Å²) in [5.41, 5.74) is 3.96. The molecule has 2 aliphatic heterocycles. The standard InChI is InChI=1S/C26H21F2N3O3/c1-33-16-5-6-20-18(13-16)17-9-10-30-25(24(17)29-20)31(22-12-15(28)4-8-23(22)34-2)21-7-3-14(27)11-19(21)26(30)32/h3-8,11-13,25,29H,9-10H2,1-2H3. The quantitative estimate of drug-likeness (QED) is 0.449. The van der Waals surface area contributed by atoms with Gasteiger partial charge in [-0.25, -0.2) is 8.78 Å². The molecule has 0 saturated carbocycles. The Morgan fingerprint density at radius 1 is 0.941 bits per heavy atom. The van der Waals surface area contributed by atoms with Gasteiger partial charge in [0, 0.05) is 23.5 Å². The summed E-state index contributed by atoms with van der Waals surface area (Å²) < 4.78 is 39.6. The second-order valence-electron chi connectivity index (χ2n) is 8.40. The highest BCUT2D eigenvalue weighted by molar-refractivity contribution is 6.04. The topological polar surface area (TPSA) is 57.8 Å². The van der Waals surface area contributed by atoms with Crippen molar-refractivity contribution in [2.24, 2.45) is 0 Å². The van der Waals surface area contributed by atoms with E-state index in [-0.39, 0.29) is 11.5 Å². The number of aromatic nitrogens is 1. The lowest BCUT2D eigenvalue weighted by Gasteiger charge is -2.47. The second-order valence-corrected chi connectivity index (χ2v) is 8.40. The van der Waals surface area contributed by atoms with Crippen LogP contribution in [0.4, 0.5) is 20.2 Å². The first-order valence-electron chi connectivity index (χ1n) is 10.9. The normalized spacial score (nSPS) is 16.8. The van der Waals surface area contributed by atoms with Crippen molar-refractivity contribution in [1.29, 1.82) is 0 Å². The van der Waals surface area contributed by atoms with Crippen molar-refractivity contribution in [2.45, 2.75) is 12.6 Å². The monoisotopic (exact) mass is 461 g/mol. The molecule has 1 unspecified atom stereocenters. The zero-order chi connectivity index (χ0) is 23.6. The predicted molar refractivity (Wildman–Crippen MR) is 124 cm³/mol. The molecular formula is C26H21F2N3O3. The van der Waals surface area contributed by atoms with Gasteiger partial charge in [0.2, 0.25) is 0 Å². The lowest BCUT2D eigenvalue weighted by Crippen LogP contribution is -2.50. The highest BCUT2D eigenvalue weighted by Gasteiger charge is 2.44. The molecule has 0 fully saturated rings. The smallest absolute Gasteiger partial charge is 0.258 e. The second kappa shape index (κ2) is 7.48.